The Balaban J connectivity index is 2.21. The van der Waals surface area contributed by atoms with Crippen molar-refractivity contribution < 1.29 is 5.11 Å². The van der Waals surface area contributed by atoms with Crippen molar-refractivity contribution in [3.05, 3.63) is 0 Å². The van der Waals surface area contributed by atoms with Crippen LogP contribution in [-0.4, -0.2) is 35.2 Å². The zero-order valence-electron chi connectivity index (χ0n) is 11.5. The minimum Gasteiger partial charge on any atom is -0.378 e. The van der Waals surface area contributed by atoms with Crippen LogP contribution in [0.1, 0.15) is 58.8 Å². The molecule has 0 saturated heterocycles. The van der Waals surface area contributed by atoms with Gasteiger partial charge < -0.3 is 10.0 Å². The van der Waals surface area contributed by atoms with Gasteiger partial charge in [-0.25, -0.2) is 0 Å². The summed E-state index contributed by atoms with van der Waals surface area (Å²) in [6.45, 7) is 7.75. The number of hydrogen-bond acceptors (Lipinski definition) is 2. The fourth-order valence-corrected chi connectivity index (χ4v) is 2.42. The topological polar surface area (TPSA) is 23.5 Å². The minimum absolute atomic E-state index is 0.659. The molecule has 1 fully saturated rings. The Bertz CT molecular complexity index is 254. The summed E-state index contributed by atoms with van der Waals surface area (Å²) in [4.78, 5) is 2.41. The van der Waals surface area contributed by atoms with Gasteiger partial charge in [-0.3, -0.25) is 0 Å². The second-order valence-corrected chi connectivity index (χ2v) is 5.02. The van der Waals surface area contributed by atoms with Crippen molar-refractivity contribution >= 4 is 0 Å². The van der Waals surface area contributed by atoms with Crippen LogP contribution < -0.4 is 0 Å². The Kier molecular flexibility index (Phi) is 6.62. The highest BCUT2D eigenvalue weighted by Crippen LogP contribution is 2.27. The molecule has 0 amide bonds. The highest BCUT2D eigenvalue weighted by molar-refractivity contribution is 5.14. The van der Waals surface area contributed by atoms with Gasteiger partial charge in [0.05, 0.1) is 0 Å². The molecule has 0 unspecified atom stereocenters. The average Bonchev–Trinajstić information content (AvgIpc) is 2.35. The number of rotatable bonds is 5. The molecule has 2 nitrogen and oxygen atoms in total. The highest BCUT2D eigenvalue weighted by Gasteiger charge is 2.26. The van der Waals surface area contributed by atoms with E-state index < -0.39 is 5.60 Å². The molecule has 0 aliphatic heterocycles. The summed E-state index contributed by atoms with van der Waals surface area (Å²) >= 11 is 0. The summed E-state index contributed by atoms with van der Waals surface area (Å²) in [7, 11) is 0. The van der Waals surface area contributed by atoms with Crippen molar-refractivity contribution in [3.8, 4) is 11.8 Å². The highest BCUT2D eigenvalue weighted by atomic mass is 16.3. The average molecular weight is 237 g/mol. The van der Waals surface area contributed by atoms with E-state index in [0.717, 1.165) is 58.2 Å². The van der Waals surface area contributed by atoms with Crippen molar-refractivity contribution in [2.45, 2.75) is 64.4 Å². The van der Waals surface area contributed by atoms with Gasteiger partial charge in [0.25, 0.3) is 0 Å². The molecule has 0 heterocycles. The predicted molar refractivity (Wildman–Crippen MR) is 72.8 cm³/mol. The summed E-state index contributed by atoms with van der Waals surface area (Å²) in [5.74, 6) is 6.27. The Morgan fingerprint density at radius 3 is 2.35 bits per heavy atom. The maximum Gasteiger partial charge on any atom is 0.125 e. The first-order valence-corrected chi connectivity index (χ1v) is 7.15. The molecule has 0 aromatic heterocycles. The van der Waals surface area contributed by atoms with Crippen molar-refractivity contribution in [1.82, 2.24) is 4.90 Å². The molecular formula is C15H27NO. The lowest BCUT2D eigenvalue weighted by atomic mass is 9.85. The SMILES string of the molecule is CCN(CC)CCCC#CC1(O)CCCCC1. The van der Waals surface area contributed by atoms with Crippen LogP contribution in [0.2, 0.25) is 0 Å². The molecule has 0 bridgehead atoms. The second-order valence-electron chi connectivity index (χ2n) is 5.02. The van der Waals surface area contributed by atoms with E-state index in [4.69, 9.17) is 0 Å². The third kappa shape index (κ3) is 5.57. The molecule has 1 saturated carbocycles. The molecule has 1 aliphatic rings. The molecule has 0 aromatic rings. The molecule has 0 aromatic carbocycles. The van der Waals surface area contributed by atoms with E-state index in [-0.39, 0.29) is 0 Å². The van der Waals surface area contributed by atoms with Crippen LogP contribution in [0.25, 0.3) is 0 Å². The van der Waals surface area contributed by atoms with Crippen molar-refractivity contribution in [1.29, 1.82) is 0 Å². The van der Waals surface area contributed by atoms with Crippen LogP contribution in [0, 0.1) is 11.8 Å². The van der Waals surface area contributed by atoms with E-state index in [1.165, 1.54) is 6.42 Å². The molecule has 1 aliphatic carbocycles. The number of hydrogen-bond donors (Lipinski definition) is 1. The van der Waals surface area contributed by atoms with Gasteiger partial charge in [-0.2, -0.15) is 0 Å². The lowest BCUT2D eigenvalue weighted by Gasteiger charge is -2.26. The van der Waals surface area contributed by atoms with Crippen LogP contribution in [-0.2, 0) is 0 Å². The fourth-order valence-electron chi connectivity index (χ4n) is 2.42. The van der Waals surface area contributed by atoms with E-state index in [1.807, 2.05) is 0 Å². The quantitative estimate of drug-likeness (QED) is 0.587. The first-order chi connectivity index (χ1) is 8.20. The largest absolute Gasteiger partial charge is 0.378 e. The van der Waals surface area contributed by atoms with Crippen LogP contribution in [0.4, 0.5) is 0 Å². The normalized spacial score (nSPS) is 18.8. The van der Waals surface area contributed by atoms with Crippen LogP contribution >= 0.6 is 0 Å². The molecular weight excluding hydrogens is 210 g/mol. The smallest absolute Gasteiger partial charge is 0.125 e. The lowest BCUT2D eigenvalue weighted by molar-refractivity contribution is 0.0609. The molecule has 1 N–H and O–H groups in total. The first kappa shape index (κ1) is 14.5. The van der Waals surface area contributed by atoms with Gasteiger partial charge in [0.15, 0.2) is 0 Å². The number of unbranched alkanes of at least 4 members (excludes halogenated alkanes) is 1. The Labute approximate surface area is 106 Å². The summed E-state index contributed by atoms with van der Waals surface area (Å²) < 4.78 is 0. The summed E-state index contributed by atoms with van der Waals surface area (Å²) in [5, 5.41) is 10.2. The Morgan fingerprint density at radius 1 is 1.12 bits per heavy atom. The molecule has 0 spiro atoms. The minimum atomic E-state index is -0.659. The van der Waals surface area contributed by atoms with Crippen molar-refractivity contribution in [2.24, 2.45) is 0 Å². The van der Waals surface area contributed by atoms with E-state index in [9.17, 15) is 5.11 Å². The molecule has 98 valence electrons. The van der Waals surface area contributed by atoms with Crippen molar-refractivity contribution in [2.75, 3.05) is 19.6 Å². The van der Waals surface area contributed by atoms with Gasteiger partial charge in [0, 0.05) is 6.42 Å². The van der Waals surface area contributed by atoms with Gasteiger partial charge in [0.1, 0.15) is 5.60 Å². The van der Waals surface area contributed by atoms with Crippen molar-refractivity contribution in [3.63, 3.8) is 0 Å². The Morgan fingerprint density at radius 2 is 1.76 bits per heavy atom. The van der Waals surface area contributed by atoms with E-state index in [1.54, 1.807) is 0 Å². The van der Waals surface area contributed by atoms with Crippen LogP contribution in [0.3, 0.4) is 0 Å². The first-order valence-electron chi connectivity index (χ1n) is 7.15. The van der Waals surface area contributed by atoms with Crippen LogP contribution in [0.15, 0.2) is 0 Å². The summed E-state index contributed by atoms with van der Waals surface area (Å²) in [6.07, 6.45) is 7.29. The summed E-state index contributed by atoms with van der Waals surface area (Å²) in [5.41, 5.74) is -0.659. The molecule has 2 heteroatoms. The second kappa shape index (κ2) is 7.74. The maximum atomic E-state index is 10.2. The number of aliphatic hydroxyl groups is 1. The lowest BCUT2D eigenvalue weighted by Crippen LogP contribution is -2.29. The Hall–Kier alpha value is -0.520. The monoisotopic (exact) mass is 237 g/mol. The van der Waals surface area contributed by atoms with E-state index in [0.29, 0.717) is 0 Å². The molecule has 0 atom stereocenters. The number of nitrogens with zero attached hydrogens (tertiary/aromatic N) is 1. The zero-order valence-corrected chi connectivity index (χ0v) is 11.5. The fraction of sp³-hybridized carbons (Fsp3) is 0.867. The van der Waals surface area contributed by atoms with Gasteiger partial charge in [-0.05, 0) is 51.7 Å². The van der Waals surface area contributed by atoms with E-state index in [2.05, 4.69) is 30.6 Å². The van der Waals surface area contributed by atoms with Gasteiger partial charge in [-0.1, -0.05) is 26.2 Å². The molecule has 1 rings (SSSR count). The predicted octanol–water partition coefficient (Wildman–Crippen LogP) is 2.81. The molecule has 0 radical (unpaired) electrons. The van der Waals surface area contributed by atoms with Gasteiger partial charge in [-0.15, -0.1) is 5.92 Å². The standard InChI is InChI=1S/C15H27NO/c1-3-16(4-2)14-10-6-9-13-15(17)11-7-5-8-12-15/h17H,3-8,10-12,14H2,1-2H3. The third-order valence-electron chi connectivity index (χ3n) is 3.67. The van der Waals surface area contributed by atoms with Gasteiger partial charge in [0.2, 0.25) is 0 Å². The zero-order chi connectivity index (χ0) is 12.6. The molecule has 17 heavy (non-hydrogen) atoms. The maximum absolute atomic E-state index is 10.2. The van der Waals surface area contributed by atoms with Crippen LogP contribution in [0.5, 0.6) is 0 Å². The summed E-state index contributed by atoms with van der Waals surface area (Å²) in [6, 6.07) is 0. The third-order valence-corrected chi connectivity index (χ3v) is 3.67. The van der Waals surface area contributed by atoms with E-state index >= 15 is 0 Å². The van der Waals surface area contributed by atoms with Gasteiger partial charge >= 0.3 is 0 Å².